The highest BCUT2D eigenvalue weighted by molar-refractivity contribution is 5.57. The van der Waals surface area contributed by atoms with Crippen molar-refractivity contribution >= 4 is 6.21 Å². The Morgan fingerprint density at radius 1 is 1.26 bits per heavy atom. The molecule has 0 bridgehead atoms. The second-order valence-electron chi connectivity index (χ2n) is 5.59. The van der Waals surface area contributed by atoms with Crippen LogP contribution < -0.4 is 5.32 Å². The SMILES string of the molecule is CC.CC(C)C(C=N)CNC1=CC=CC(C)(C)C=C1. The van der Waals surface area contributed by atoms with Gasteiger partial charge in [-0.15, -0.1) is 0 Å². The van der Waals surface area contributed by atoms with E-state index >= 15 is 0 Å². The van der Waals surface area contributed by atoms with Crippen LogP contribution >= 0.6 is 0 Å². The van der Waals surface area contributed by atoms with Gasteiger partial charge in [0.25, 0.3) is 0 Å². The Kier molecular flexibility index (Phi) is 8.13. The lowest BCUT2D eigenvalue weighted by atomic mass is 9.93. The fourth-order valence-electron chi connectivity index (χ4n) is 1.66. The monoisotopic (exact) mass is 262 g/mol. The van der Waals surface area contributed by atoms with Gasteiger partial charge in [-0.25, -0.2) is 0 Å². The van der Waals surface area contributed by atoms with Gasteiger partial charge < -0.3 is 10.7 Å². The third-order valence-electron chi connectivity index (χ3n) is 3.11. The molecule has 2 nitrogen and oxygen atoms in total. The highest BCUT2D eigenvalue weighted by atomic mass is 14.9. The Balaban J connectivity index is 0.00000154. The number of nitrogens with one attached hydrogen (secondary N) is 2. The van der Waals surface area contributed by atoms with Crippen molar-refractivity contribution in [1.82, 2.24) is 5.32 Å². The van der Waals surface area contributed by atoms with Crippen molar-refractivity contribution in [3.05, 3.63) is 36.1 Å². The zero-order valence-corrected chi connectivity index (χ0v) is 13.3. The summed E-state index contributed by atoms with van der Waals surface area (Å²) < 4.78 is 0. The van der Waals surface area contributed by atoms with Gasteiger partial charge in [-0.2, -0.15) is 0 Å². The maximum absolute atomic E-state index is 7.40. The molecule has 1 aliphatic carbocycles. The standard InChI is InChI=1S/C15H24N2.C2H6/c1-12(2)13(10-16)11-17-14-6-5-8-15(3,4)9-7-14;1-2/h5-10,12-13,16-17H,11H2,1-4H3;1-2H3. The van der Waals surface area contributed by atoms with Crippen LogP contribution in [0.5, 0.6) is 0 Å². The Bertz CT molecular complexity index is 346. The molecule has 1 unspecified atom stereocenters. The summed E-state index contributed by atoms with van der Waals surface area (Å²) in [6.45, 7) is 13.5. The number of hydrogen-bond acceptors (Lipinski definition) is 2. The van der Waals surface area contributed by atoms with Crippen molar-refractivity contribution in [2.75, 3.05) is 6.54 Å². The molecule has 0 spiro atoms. The molecule has 2 N–H and O–H groups in total. The van der Waals surface area contributed by atoms with Gasteiger partial charge in [0, 0.05) is 29.8 Å². The van der Waals surface area contributed by atoms with Gasteiger partial charge in [-0.05, 0) is 18.1 Å². The van der Waals surface area contributed by atoms with E-state index in [0.29, 0.717) is 11.8 Å². The van der Waals surface area contributed by atoms with E-state index in [9.17, 15) is 0 Å². The first-order valence-electron chi connectivity index (χ1n) is 7.28. The number of allylic oxidation sites excluding steroid dienone is 5. The molecule has 2 heteroatoms. The summed E-state index contributed by atoms with van der Waals surface area (Å²) >= 11 is 0. The van der Waals surface area contributed by atoms with Crippen LogP contribution in [-0.4, -0.2) is 12.8 Å². The van der Waals surface area contributed by atoms with Crippen molar-refractivity contribution < 1.29 is 0 Å². The fraction of sp³-hybridized carbons (Fsp3) is 0.588. The Morgan fingerprint density at radius 3 is 2.42 bits per heavy atom. The predicted octanol–water partition coefficient (Wildman–Crippen LogP) is 4.56. The quantitative estimate of drug-likeness (QED) is 0.700. The minimum atomic E-state index is 0.124. The Labute approximate surface area is 119 Å². The topological polar surface area (TPSA) is 35.9 Å². The predicted molar refractivity (Wildman–Crippen MR) is 86.6 cm³/mol. The van der Waals surface area contributed by atoms with Crippen molar-refractivity contribution in [3.63, 3.8) is 0 Å². The molecule has 0 radical (unpaired) electrons. The first kappa shape index (κ1) is 17.7. The lowest BCUT2D eigenvalue weighted by Crippen LogP contribution is -2.26. The van der Waals surface area contributed by atoms with Gasteiger partial charge in [0.05, 0.1) is 0 Å². The molecule has 108 valence electrons. The third kappa shape index (κ3) is 7.00. The van der Waals surface area contributed by atoms with E-state index in [4.69, 9.17) is 5.41 Å². The molecule has 0 heterocycles. The molecule has 0 aromatic rings. The van der Waals surface area contributed by atoms with E-state index < -0.39 is 0 Å². The van der Waals surface area contributed by atoms with E-state index in [-0.39, 0.29) is 5.41 Å². The van der Waals surface area contributed by atoms with E-state index in [1.165, 1.54) is 0 Å². The minimum absolute atomic E-state index is 0.124. The average Bonchev–Trinajstić information content (AvgIpc) is 2.54. The highest BCUT2D eigenvalue weighted by Crippen LogP contribution is 2.22. The van der Waals surface area contributed by atoms with Crippen LogP contribution in [0.2, 0.25) is 0 Å². The molecule has 0 aromatic heterocycles. The number of hydrogen-bond donors (Lipinski definition) is 2. The van der Waals surface area contributed by atoms with Crippen LogP contribution in [0.4, 0.5) is 0 Å². The molecule has 1 aliphatic rings. The average molecular weight is 262 g/mol. The second-order valence-corrected chi connectivity index (χ2v) is 5.59. The zero-order valence-electron chi connectivity index (χ0n) is 13.3. The highest BCUT2D eigenvalue weighted by Gasteiger charge is 2.12. The minimum Gasteiger partial charge on any atom is -0.384 e. The summed E-state index contributed by atoms with van der Waals surface area (Å²) in [5.41, 5.74) is 1.25. The first-order chi connectivity index (χ1) is 8.94. The largest absolute Gasteiger partial charge is 0.384 e. The number of rotatable bonds is 5. The normalized spacial score (nSPS) is 17.9. The second kappa shape index (κ2) is 8.73. The van der Waals surface area contributed by atoms with Gasteiger partial charge in [-0.3, -0.25) is 0 Å². The van der Waals surface area contributed by atoms with Gasteiger partial charge >= 0.3 is 0 Å². The van der Waals surface area contributed by atoms with Crippen LogP contribution in [0.15, 0.2) is 36.1 Å². The lowest BCUT2D eigenvalue weighted by molar-refractivity contribution is 0.483. The van der Waals surface area contributed by atoms with E-state index in [1.54, 1.807) is 6.21 Å². The maximum Gasteiger partial charge on any atom is 0.0337 e. The lowest BCUT2D eigenvalue weighted by Gasteiger charge is -2.17. The zero-order chi connectivity index (χ0) is 14.9. The summed E-state index contributed by atoms with van der Waals surface area (Å²) in [7, 11) is 0. The van der Waals surface area contributed by atoms with Crippen LogP contribution in [-0.2, 0) is 0 Å². The summed E-state index contributed by atoms with van der Waals surface area (Å²) in [5.74, 6) is 0.798. The van der Waals surface area contributed by atoms with Crippen LogP contribution in [0, 0.1) is 22.7 Å². The summed E-state index contributed by atoms with van der Waals surface area (Å²) in [4.78, 5) is 0. The van der Waals surface area contributed by atoms with E-state index in [2.05, 4.69) is 63.4 Å². The van der Waals surface area contributed by atoms with Crippen LogP contribution in [0.1, 0.15) is 41.5 Å². The first-order valence-corrected chi connectivity index (χ1v) is 7.28. The van der Waals surface area contributed by atoms with Gasteiger partial charge in [0.1, 0.15) is 0 Å². The smallest absolute Gasteiger partial charge is 0.0337 e. The van der Waals surface area contributed by atoms with Gasteiger partial charge in [-0.1, -0.05) is 59.8 Å². The van der Waals surface area contributed by atoms with E-state index in [1.807, 2.05) is 13.8 Å². The van der Waals surface area contributed by atoms with Crippen molar-refractivity contribution in [3.8, 4) is 0 Å². The third-order valence-corrected chi connectivity index (χ3v) is 3.11. The molecule has 0 aromatic carbocycles. The molecule has 1 rings (SSSR count). The molecule has 0 aliphatic heterocycles. The maximum atomic E-state index is 7.40. The summed E-state index contributed by atoms with van der Waals surface area (Å²) in [6, 6.07) is 0. The molecule has 1 atom stereocenters. The Morgan fingerprint density at radius 2 is 1.89 bits per heavy atom. The molecular formula is C17H30N2. The molecule has 0 saturated heterocycles. The van der Waals surface area contributed by atoms with Crippen LogP contribution in [0.3, 0.4) is 0 Å². The van der Waals surface area contributed by atoms with Gasteiger partial charge in [0.15, 0.2) is 0 Å². The van der Waals surface area contributed by atoms with Crippen molar-refractivity contribution in [2.24, 2.45) is 17.3 Å². The molecule has 0 fully saturated rings. The van der Waals surface area contributed by atoms with Crippen LogP contribution in [0.25, 0.3) is 0 Å². The molecular weight excluding hydrogens is 232 g/mol. The fourth-order valence-corrected chi connectivity index (χ4v) is 1.66. The van der Waals surface area contributed by atoms with E-state index in [0.717, 1.165) is 12.2 Å². The van der Waals surface area contributed by atoms with Gasteiger partial charge in [0.2, 0.25) is 0 Å². The molecule has 0 saturated carbocycles. The molecule has 0 amide bonds. The van der Waals surface area contributed by atoms with Crippen molar-refractivity contribution in [1.29, 1.82) is 5.41 Å². The summed E-state index contributed by atoms with van der Waals surface area (Å²) in [6.07, 6.45) is 12.2. The Hall–Kier alpha value is -1.31. The van der Waals surface area contributed by atoms with Crippen molar-refractivity contribution in [2.45, 2.75) is 41.5 Å². The molecule has 19 heavy (non-hydrogen) atoms. The summed E-state index contributed by atoms with van der Waals surface area (Å²) in [5, 5.41) is 10.8.